The molecule has 0 saturated carbocycles. The number of hydrogen-bond donors (Lipinski definition) is 2. The Morgan fingerprint density at radius 3 is 2.45 bits per heavy atom. The minimum Gasteiger partial charge on any atom is -0.457 e. The number of amides is 1. The van der Waals surface area contributed by atoms with E-state index in [-0.39, 0.29) is 17.3 Å². The van der Waals surface area contributed by atoms with Crippen LogP contribution in [0.1, 0.15) is 16.1 Å². The topological polar surface area (TPSA) is 136 Å². The van der Waals surface area contributed by atoms with Crippen LogP contribution in [0.25, 0.3) is 11.3 Å². The van der Waals surface area contributed by atoms with Gasteiger partial charge in [0.2, 0.25) is 0 Å². The van der Waals surface area contributed by atoms with Gasteiger partial charge in [-0.2, -0.15) is 18.3 Å². The predicted molar refractivity (Wildman–Crippen MR) is 130 cm³/mol. The average Bonchev–Trinajstić information content (AvgIpc) is 2.88. The van der Waals surface area contributed by atoms with E-state index in [1.54, 1.807) is 30.3 Å². The van der Waals surface area contributed by atoms with Gasteiger partial charge in [0.15, 0.2) is 0 Å². The second-order valence-electron chi connectivity index (χ2n) is 7.49. The number of hydrogen-bond acceptors (Lipinski definition) is 8. The molecule has 2 heterocycles. The Bertz CT molecular complexity index is 1600. The molecule has 0 aliphatic rings. The van der Waals surface area contributed by atoms with Gasteiger partial charge in [0, 0.05) is 24.9 Å². The molecule has 2 aromatic heterocycles. The number of pyridine rings is 1. The molecule has 0 aliphatic heterocycles. The number of ether oxygens (including phenoxy) is 1. The Hall–Kier alpha value is -4.30. The summed E-state index contributed by atoms with van der Waals surface area (Å²) in [6.07, 6.45) is -2.14. The lowest BCUT2D eigenvalue weighted by molar-refractivity contribution is -0.137. The van der Waals surface area contributed by atoms with Crippen molar-refractivity contribution in [3.63, 3.8) is 0 Å². The van der Waals surface area contributed by atoms with Crippen molar-refractivity contribution in [3.8, 4) is 22.8 Å². The van der Waals surface area contributed by atoms with Gasteiger partial charge < -0.3 is 10.1 Å². The van der Waals surface area contributed by atoms with E-state index in [0.717, 1.165) is 12.1 Å². The molecule has 0 aliphatic carbocycles. The lowest BCUT2D eigenvalue weighted by atomic mass is 10.1. The molecule has 10 nitrogen and oxygen atoms in total. The Balaban J connectivity index is 1.52. The van der Waals surface area contributed by atoms with Crippen LogP contribution in [0, 0.1) is 0 Å². The monoisotopic (exact) mass is 564 g/mol. The Morgan fingerprint density at radius 1 is 1.03 bits per heavy atom. The number of halogens is 4. The lowest BCUT2D eigenvalue weighted by Crippen LogP contribution is -2.18. The van der Waals surface area contributed by atoms with Crippen molar-refractivity contribution in [2.24, 2.45) is 0 Å². The van der Waals surface area contributed by atoms with Crippen molar-refractivity contribution in [2.45, 2.75) is 11.1 Å². The van der Waals surface area contributed by atoms with E-state index in [4.69, 9.17) is 16.3 Å². The molecule has 38 heavy (non-hydrogen) atoms. The molecular weight excluding hydrogens is 549 g/mol. The summed E-state index contributed by atoms with van der Waals surface area (Å²) in [5.41, 5.74) is -0.382. The molecule has 0 atom stereocenters. The van der Waals surface area contributed by atoms with Gasteiger partial charge in [-0.3, -0.25) is 9.78 Å². The molecule has 0 saturated heterocycles. The Labute approximate surface area is 218 Å². The summed E-state index contributed by atoms with van der Waals surface area (Å²) in [6, 6.07) is 11.7. The van der Waals surface area contributed by atoms with E-state index < -0.39 is 37.6 Å². The zero-order valence-corrected chi connectivity index (χ0v) is 20.8. The molecule has 1 amide bonds. The highest BCUT2D eigenvalue weighted by Gasteiger charge is 2.34. The van der Waals surface area contributed by atoms with Crippen LogP contribution in [0.5, 0.6) is 11.5 Å². The van der Waals surface area contributed by atoms with Crippen LogP contribution in [0.2, 0.25) is 5.02 Å². The Morgan fingerprint density at radius 2 is 1.76 bits per heavy atom. The van der Waals surface area contributed by atoms with Crippen molar-refractivity contribution in [3.05, 3.63) is 83.3 Å². The molecule has 0 unspecified atom stereocenters. The first-order chi connectivity index (χ1) is 18.0. The van der Waals surface area contributed by atoms with Gasteiger partial charge in [-0.1, -0.05) is 11.6 Å². The predicted octanol–water partition coefficient (Wildman–Crippen LogP) is 4.56. The van der Waals surface area contributed by atoms with Gasteiger partial charge in [0.05, 0.1) is 27.4 Å². The van der Waals surface area contributed by atoms with Gasteiger partial charge >= 0.3 is 6.18 Å². The standard InChI is InChI=1S/C23H16ClF3N6O4S/c1-28-21(34)19-10-15(8-9-29-19)37-14-4-2-13(3-5-14)20-12-30-32-22(31-20)33-38(35,36)16-6-7-18(24)17(11-16)23(25,26)27/h2-12H,1H3,(H,28,34)(H,31,32,33). The normalized spacial score (nSPS) is 11.6. The third-order valence-electron chi connectivity index (χ3n) is 4.91. The van der Waals surface area contributed by atoms with E-state index >= 15 is 0 Å². The first kappa shape index (κ1) is 26.8. The third kappa shape index (κ3) is 6.15. The van der Waals surface area contributed by atoms with Crippen LogP contribution in [0.3, 0.4) is 0 Å². The van der Waals surface area contributed by atoms with E-state index in [1.165, 1.54) is 25.5 Å². The minimum atomic E-state index is -4.85. The summed E-state index contributed by atoms with van der Waals surface area (Å²) in [6.45, 7) is 0. The fourth-order valence-electron chi connectivity index (χ4n) is 3.11. The lowest BCUT2D eigenvalue weighted by Gasteiger charge is -2.12. The van der Waals surface area contributed by atoms with Gasteiger partial charge in [0.25, 0.3) is 21.9 Å². The molecule has 4 rings (SSSR count). The van der Waals surface area contributed by atoms with Crippen molar-refractivity contribution in [1.82, 2.24) is 25.5 Å². The Kier molecular flexibility index (Phi) is 7.46. The molecule has 196 valence electrons. The third-order valence-corrected chi connectivity index (χ3v) is 6.57. The first-order valence-electron chi connectivity index (χ1n) is 10.5. The quantitative estimate of drug-likeness (QED) is 0.333. The maximum absolute atomic E-state index is 13.1. The summed E-state index contributed by atoms with van der Waals surface area (Å²) in [5.74, 6) is -0.0215. The largest absolute Gasteiger partial charge is 0.457 e. The summed E-state index contributed by atoms with van der Waals surface area (Å²) >= 11 is 5.56. The number of alkyl halides is 3. The molecule has 2 aromatic carbocycles. The van der Waals surface area contributed by atoms with Gasteiger partial charge in [0.1, 0.15) is 17.2 Å². The number of nitrogens with one attached hydrogen (secondary N) is 2. The summed E-state index contributed by atoms with van der Waals surface area (Å²) < 4.78 is 72.5. The second-order valence-corrected chi connectivity index (χ2v) is 9.58. The number of anilines is 1. The molecule has 2 N–H and O–H groups in total. The number of sulfonamides is 1. The van der Waals surface area contributed by atoms with E-state index in [0.29, 0.717) is 23.1 Å². The van der Waals surface area contributed by atoms with Gasteiger partial charge in [-0.25, -0.2) is 18.1 Å². The summed E-state index contributed by atoms with van der Waals surface area (Å²) in [7, 11) is -3.01. The van der Waals surface area contributed by atoms with E-state index in [1.807, 2.05) is 4.72 Å². The van der Waals surface area contributed by atoms with Crippen LogP contribution in [-0.4, -0.2) is 41.5 Å². The molecular formula is C23H16ClF3N6O4S. The number of aromatic nitrogens is 4. The summed E-state index contributed by atoms with van der Waals surface area (Å²) in [4.78, 5) is 19.1. The number of carbonyl (C=O) groups excluding carboxylic acids is 1. The highest BCUT2D eigenvalue weighted by Crippen LogP contribution is 2.36. The zero-order chi connectivity index (χ0) is 27.5. The molecule has 0 spiro atoms. The van der Waals surface area contributed by atoms with Crippen LogP contribution in [-0.2, 0) is 16.2 Å². The van der Waals surface area contributed by atoms with Crippen LogP contribution in [0.4, 0.5) is 19.1 Å². The molecule has 0 fully saturated rings. The number of nitrogens with zero attached hydrogens (tertiary/aromatic N) is 4. The van der Waals surface area contributed by atoms with Gasteiger partial charge in [-0.05, 0) is 48.5 Å². The molecule has 0 bridgehead atoms. The number of benzene rings is 2. The van der Waals surface area contributed by atoms with Crippen LogP contribution in [0.15, 0.2) is 71.9 Å². The van der Waals surface area contributed by atoms with E-state index in [2.05, 4.69) is 25.5 Å². The minimum absolute atomic E-state index is 0.178. The van der Waals surface area contributed by atoms with Crippen molar-refractivity contribution >= 4 is 33.5 Å². The number of rotatable bonds is 7. The molecule has 0 radical (unpaired) electrons. The zero-order valence-electron chi connectivity index (χ0n) is 19.2. The summed E-state index contributed by atoms with van der Waals surface area (Å²) in [5, 5.41) is 9.15. The average molecular weight is 565 g/mol. The van der Waals surface area contributed by atoms with Crippen molar-refractivity contribution in [1.29, 1.82) is 0 Å². The first-order valence-corrected chi connectivity index (χ1v) is 12.4. The SMILES string of the molecule is CNC(=O)c1cc(Oc2ccc(-c3cnnc(NS(=O)(=O)c4ccc(Cl)c(C(F)(F)F)c4)n3)cc2)ccn1. The highest BCUT2D eigenvalue weighted by atomic mass is 35.5. The van der Waals surface area contributed by atoms with Crippen molar-refractivity contribution < 1.29 is 31.1 Å². The smallest absolute Gasteiger partial charge is 0.417 e. The second kappa shape index (κ2) is 10.6. The fourth-order valence-corrected chi connectivity index (χ4v) is 4.30. The molecule has 15 heteroatoms. The fraction of sp³-hybridized carbons (Fsp3) is 0.0870. The van der Waals surface area contributed by atoms with Gasteiger partial charge in [-0.15, -0.1) is 5.10 Å². The van der Waals surface area contributed by atoms with Crippen LogP contribution < -0.4 is 14.8 Å². The maximum atomic E-state index is 13.1. The van der Waals surface area contributed by atoms with E-state index in [9.17, 15) is 26.4 Å². The van der Waals surface area contributed by atoms with Crippen LogP contribution >= 0.6 is 11.6 Å². The molecule has 4 aromatic rings. The maximum Gasteiger partial charge on any atom is 0.417 e. The number of carbonyl (C=O) groups is 1. The van der Waals surface area contributed by atoms with Crippen molar-refractivity contribution in [2.75, 3.05) is 11.8 Å². The highest BCUT2D eigenvalue weighted by molar-refractivity contribution is 7.92.